The highest BCUT2D eigenvalue weighted by Gasteiger charge is 2.37. The van der Waals surface area contributed by atoms with Crippen LogP contribution < -0.4 is 4.74 Å². The molecular formula is C55H38N4O. The van der Waals surface area contributed by atoms with E-state index < -0.39 is 0 Å². The van der Waals surface area contributed by atoms with Crippen LogP contribution in [0.15, 0.2) is 182 Å². The Morgan fingerprint density at radius 2 is 1.00 bits per heavy atom. The van der Waals surface area contributed by atoms with E-state index in [1.165, 1.54) is 22.3 Å². The minimum atomic E-state index is -0.210. The molecule has 0 spiro atoms. The fourth-order valence-electron chi connectivity index (χ4n) is 8.74. The van der Waals surface area contributed by atoms with E-state index in [-0.39, 0.29) is 5.41 Å². The van der Waals surface area contributed by atoms with Crippen molar-refractivity contribution in [2.24, 2.45) is 0 Å². The first-order valence-corrected chi connectivity index (χ1v) is 20.3. The zero-order chi connectivity index (χ0) is 40.2. The highest BCUT2D eigenvalue weighted by Crippen LogP contribution is 2.53. The average molecular weight is 771 g/mol. The first-order valence-electron chi connectivity index (χ1n) is 20.3. The lowest BCUT2D eigenvalue weighted by Gasteiger charge is -2.23. The van der Waals surface area contributed by atoms with E-state index in [1.807, 2.05) is 73.1 Å². The summed E-state index contributed by atoms with van der Waals surface area (Å²) < 4.78 is 7.17. The Balaban J connectivity index is 1.13. The smallest absolute Gasteiger partial charge is 0.160 e. The Morgan fingerprint density at radius 3 is 1.77 bits per heavy atom. The number of benzene rings is 7. The van der Waals surface area contributed by atoms with Crippen molar-refractivity contribution in [2.45, 2.75) is 19.3 Å². The van der Waals surface area contributed by atoms with Crippen LogP contribution in [0.25, 0.3) is 90.8 Å². The van der Waals surface area contributed by atoms with Gasteiger partial charge >= 0.3 is 0 Å². The van der Waals surface area contributed by atoms with Crippen molar-refractivity contribution in [3.05, 3.63) is 205 Å². The summed E-state index contributed by atoms with van der Waals surface area (Å²) in [5.41, 5.74) is 16.3. The van der Waals surface area contributed by atoms with Gasteiger partial charge in [-0.2, -0.15) is 0 Å². The molecule has 284 valence electrons. The van der Waals surface area contributed by atoms with Crippen LogP contribution in [0.4, 0.5) is 0 Å². The molecule has 3 heterocycles. The SMILES string of the molecule is CC1(C)c2ccccc2-c2cc3c(cc21)Oc1ccccc1-c1ccccc1/C=C\c1ccc(-c2nc(-c4ccccc4)cc(-c4cnc(-c5ccccc5)nc4)n2)cc1-3. The van der Waals surface area contributed by atoms with E-state index in [0.717, 1.165) is 78.5 Å². The number of fused-ring (bicyclic) bond motifs is 9. The Labute approximate surface area is 349 Å². The molecule has 2 aromatic heterocycles. The number of hydrogen-bond acceptors (Lipinski definition) is 5. The van der Waals surface area contributed by atoms with Crippen LogP contribution in [-0.2, 0) is 5.41 Å². The molecule has 0 radical (unpaired) electrons. The molecule has 0 amide bonds. The largest absolute Gasteiger partial charge is 0.456 e. The van der Waals surface area contributed by atoms with Gasteiger partial charge in [-0.3, -0.25) is 0 Å². The van der Waals surface area contributed by atoms with Crippen LogP contribution >= 0.6 is 0 Å². The van der Waals surface area contributed by atoms with Gasteiger partial charge in [-0.15, -0.1) is 0 Å². The summed E-state index contributed by atoms with van der Waals surface area (Å²) in [7, 11) is 0. The first kappa shape index (κ1) is 35.4. The highest BCUT2D eigenvalue weighted by molar-refractivity contribution is 5.93. The fraction of sp³-hybridized carbons (Fsp3) is 0.0545. The molecule has 0 saturated heterocycles. The van der Waals surface area contributed by atoms with Crippen molar-refractivity contribution >= 4 is 12.2 Å². The monoisotopic (exact) mass is 770 g/mol. The lowest BCUT2D eigenvalue weighted by atomic mass is 9.81. The number of ether oxygens (including phenoxy) is 1. The second kappa shape index (κ2) is 14.3. The first-order chi connectivity index (χ1) is 29.5. The predicted octanol–water partition coefficient (Wildman–Crippen LogP) is 13.9. The van der Waals surface area contributed by atoms with Gasteiger partial charge in [0.05, 0.1) is 11.4 Å². The molecule has 60 heavy (non-hydrogen) atoms. The van der Waals surface area contributed by atoms with E-state index in [0.29, 0.717) is 11.6 Å². The molecule has 1 aliphatic heterocycles. The summed E-state index contributed by atoms with van der Waals surface area (Å²) in [4.78, 5) is 19.9. The van der Waals surface area contributed by atoms with Gasteiger partial charge in [0, 0.05) is 51.2 Å². The molecule has 0 unspecified atom stereocenters. The van der Waals surface area contributed by atoms with E-state index >= 15 is 0 Å². The molecule has 1 aliphatic carbocycles. The minimum Gasteiger partial charge on any atom is -0.456 e. The zero-order valence-electron chi connectivity index (χ0n) is 33.2. The highest BCUT2D eigenvalue weighted by atomic mass is 16.5. The van der Waals surface area contributed by atoms with E-state index in [4.69, 9.17) is 24.7 Å². The lowest BCUT2D eigenvalue weighted by Crippen LogP contribution is -2.15. The second-order valence-corrected chi connectivity index (χ2v) is 15.9. The maximum atomic E-state index is 7.17. The topological polar surface area (TPSA) is 60.8 Å². The minimum absolute atomic E-state index is 0.210. The summed E-state index contributed by atoms with van der Waals surface area (Å²) >= 11 is 0. The molecular weight excluding hydrogens is 733 g/mol. The standard InChI is InChI=1S/C55H38N4O/c1-55(2)47-23-13-11-21-42(47)45-30-46-44-29-39(28-27-36(44)26-25-35-15-9-10-20-41(35)43-22-12-14-24-51(43)60-52(46)31-48(45)55)54-58-49(37-16-5-3-6-17-37)32-50(59-54)40-33-56-53(57-34-40)38-18-7-4-8-19-38/h3-34H,1-2H3/b26-25-. The van der Waals surface area contributed by atoms with E-state index in [9.17, 15) is 0 Å². The molecule has 5 nitrogen and oxygen atoms in total. The number of rotatable bonds is 4. The van der Waals surface area contributed by atoms with Crippen molar-refractivity contribution < 1.29 is 4.74 Å². The summed E-state index contributed by atoms with van der Waals surface area (Å²) in [6.45, 7) is 4.62. The second-order valence-electron chi connectivity index (χ2n) is 15.9. The number of hydrogen-bond donors (Lipinski definition) is 0. The van der Waals surface area contributed by atoms with Crippen molar-refractivity contribution in [1.82, 2.24) is 19.9 Å². The van der Waals surface area contributed by atoms with Crippen LogP contribution in [0, 0.1) is 0 Å². The summed E-state index contributed by atoms with van der Waals surface area (Å²) in [6.07, 6.45) is 8.13. The van der Waals surface area contributed by atoms with Gasteiger partial charge in [0.25, 0.3) is 0 Å². The van der Waals surface area contributed by atoms with Gasteiger partial charge in [0.2, 0.25) is 0 Å². The Morgan fingerprint density at radius 1 is 0.383 bits per heavy atom. The Bertz CT molecular complexity index is 3130. The van der Waals surface area contributed by atoms with Crippen LogP contribution in [-0.4, -0.2) is 19.9 Å². The molecule has 0 fully saturated rings. The third kappa shape index (κ3) is 6.11. The Kier molecular flexibility index (Phi) is 8.41. The molecule has 0 N–H and O–H groups in total. The third-order valence-corrected chi connectivity index (χ3v) is 11.9. The molecule has 0 saturated carbocycles. The molecule has 0 atom stereocenters. The maximum absolute atomic E-state index is 7.17. The maximum Gasteiger partial charge on any atom is 0.160 e. The Hall–Kier alpha value is -7.76. The van der Waals surface area contributed by atoms with Gasteiger partial charge in [-0.1, -0.05) is 166 Å². The third-order valence-electron chi connectivity index (χ3n) is 11.9. The van der Waals surface area contributed by atoms with Gasteiger partial charge in [-0.25, -0.2) is 19.9 Å². The molecule has 2 aliphatic rings. The molecule has 7 aromatic carbocycles. The van der Waals surface area contributed by atoms with Crippen LogP contribution in [0.1, 0.15) is 36.1 Å². The quantitative estimate of drug-likeness (QED) is 0.178. The normalized spacial score (nSPS) is 13.6. The summed E-state index contributed by atoms with van der Waals surface area (Å²) in [6, 6.07) is 59.0. The zero-order valence-corrected chi connectivity index (χ0v) is 33.2. The number of nitrogens with zero attached hydrogens (tertiary/aromatic N) is 4. The van der Waals surface area contributed by atoms with Gasteiger partial charge in [-0.05, 0) is 74.8 Å². The van der Waals surface area contributed by atoms with E-state index in [1.54, 1.807) is 0 Å². The predicted molar refractivity (Wildman–Crippen MR) is 243 cm³/mol. The molecule has 11 rings (SSSR count). The van der Waals surface area contributed by atoms with Gasteiger partial charge < -0.3 is 4.74 Å². The molecule has 5 heteroatoms. The van der Waals surface area contributed by atoms with Crippen molar-refractivity contribution in [2.75, 3.05) is 0 Å². The van der Waals surface area contributed by atoms with Crippen molar-refractivity contribution in [1.29, 1.82) is 0 Å². The van der Waals surface area contributed by atoms with Crippen molar-refractivity contribution in [3.8, 4) is 90.2 Å². The average Bonchev–Trinajstić information content (AvgIpc) is 3.52. The summed E-state index contributed by atoms with van der Waals surface area (Å²) in [5, 5.41) is 0. The lowest BCUT2D eigenvalue weighted by molar-refractivity contribution is 0.484. The van der Waals surface area contributed by atoms with Crippen LogP contribution in [0.2, 0.25) is 0 Å². The fourth-order valence-corrected chi connectivity index (χ4v) is 8.74. The van der Waals surface area contributed by atoms with Crippen molar-refractivity contribution in [3.63, 3.8) is 0 Å². The number of para-hydroxylation sites is 1. The van der Waals surface area contributed by atoms with Gasteiger partial charge in [0.15, 0.2) is 11.6 Å². The van der Waals surface area contributed by atoms with Crippen LogP contribution in [0.3, 0.4) is 0 Å². The number of aromatic nitrogens is 4. The van der Waals surface area contributed by atoms with Crippen LogP contribution in [0.5, 0.6) is 11.5 Å². The molecule has 0 bridgehead atoms. The molecule has 9 aromatic rings. The van der Waals surface area contributed by atoms with E-state index in [2.05, 4.69) is 135 Å². The summed E-state index contributed by atoms with van der Waals surface area (Å²) in [5.74, 6) is 2.86. The van der Waals surface area contributed by atoms with Gasteiger partial charge in [0.1, 0.15) is 11.5 Å².